The number of carboxylic acid groups (broad SMARTS) is 1. The summed E-state index contributed by atoms with van der Waals surface area (Å²) in [5, 5.41) is 11.8. The van der Waals surface area contributed by atoms with Gasteiger partial charge in [-0.2, -0.15) is 0 Å². The van der Waals surface area contributed by atoms with Crippen LogP contribution in [0.3, 0.4) is 0 Å². The van der Waals surface area contributed by atoms with E-state index in [4.69, 9.17) is 5.11 Å². The van der Waals surface area contributed by atoms with Crippen molar-refractivity contribution in [2.24, 2.45) is 0 Å². The minimum Gasteiger partial charge on any atom is -0.481 e. The molecule has 1 unspecified atom stereocenters. The van der Waals surface area contributed by atoms with Crippen LogP contribution in [-0.2, 0) is 4.79 Å². The molecule has 0 aliphatic rings. The van der Waals surface area contributed by atoms with Crippen molar-refractivity contribution >= 4 is 11.8 Å². The van der Waals surface area contributed by atoms with Crippen molar-refractivity contribution in [2.75, 3.05) is 5.32 Å². The molecule has 0 radical (unpaired) electrons. The number of anilines is 1. The minimum atomic E-state index is -0.809. The first-order chi connectivity index (χ1) is 7.52. The molecule has 0 saturated carbocycles. The van der Waals surface area contributed by atoms with Crippen molar-refractivity contribution in [3.63, 3.8) is 0 Å². The molecule has 0 aliphatic heterocycles. The van der Waals surface area contributed by atoms with E-state index < -0.39 is 5.97 Å². The fourth-order valence-electron chi connectivity index (χ4n) is 1.33. The first-order valence-electron chi connectivity index (χ1n) is 5.31. The Bertz CT molecular complexity index is 379. The number of nitrogens with zero attached hydrogens (tertiary/aromatic N) is 2. The van der Waals surface area contributed by atoms with Crippen molar-refractivity contribution < 1.29 is 9.90 Å². The van der Waals surface area contributed by atoms with E-state index in [0.717, 1.165) is 17.8 Å². The molecule has 1 atom stereocenters. The summed E-state index contributed by atoms with van der Waals surface area (Å²) < 4.78 is 0. The fraction of sp³-hybridized carbons (Fsp3) is 0.545. The standard InChI is InChI=1S/C11H17N3O2/c1-4-9(5-11(15)16)14-10-6-12-7(2)8(3)13-10/h6,9H,4-5H2,1-3H3,(H,13,14)(H,15,16). The van der Waals surface area contributed by atoms with E-state index in [-0.39, 0.29) is 12.5 Å². The average molecular weight is 223 g/mol. The van der Waals surface area contributed by atoms with Gasteiger partial charge in [-0.15, -0.1) is 0 Å². The summed E-state index contributed by atoms with van der Waals surface area (Å²) in [4.78, 5) is 19.1. The number of carbonyl (C=O) groups is 1. The summed E-state index contributed by atoms with van der Waals surface area (Å²) in [7, 11) is 0. The van der Waals surface area contributed by atoms with Crippen molar-refractivity contribution in [3.8, 4) is 0 Å². The predicted molar refractivity (Wildman–Crippen MR) is 61.5 cm³/mol. The SMILES string of the molecule is CCC(CC(=O)O)Nc1cnc(C)c(C)n1. The summed E-state index contributed by atoms with van der Waals surface area (Å²) in [6.07, 6.45) is 2.46. The van der Waals surface area contributed by atoms with Crippen LogP contribution in [0.4, 0.5) is 5.82 Å². The Morgan fingerprint density at radius 1 is 1.50 bits per heavy atom. The van der Waals surface area contributed by atoms with Crippen LogP contribution in [0.15, 0.2) is 6.20 Å². The fourth-order valence-corrected chi connectivity index (χ4v) is 1.33. The van der Waals surface area contributed by atoms with Crippen LogP contribution in [0.5, 0.6) is 0 Å². The molecule has 0 fully saturated rings. The van der Waals surface area contributed by atoms with Gasteiger partial charge in [0.05, 0.1) is 24.0 Å². The van der Waals surface area contributed by atoms with Crippen LogP contribution in [-0.4, -0.2) is 27.1 Å². The van der Waals surface area contributed by atoms with Gasteiger partial charge < -0.3 is 10.4 Å². The monoisotopic (exact) mass is 223 g/mol. The molecule has 0 spiro atoms. The van der Waals surface area contributed by atoms with Crippen molar-refractivity contribution in [1.82, 2.24) is 9.97 Å². The van der Waals surface area contributed by atoms with Crippen LogP contribution < -0.4 is 5.32 Å². The Kier molecular flexibility index (Phi) is 4.22. The van der Waals surface area contributed by atoms with Crippen LogP contribution in [0, 0.1) is 13.8 Å². The van der Waals surface area contributed by atoms with Gasteiger partial charge in [-0.3, -0.25) is 9.78 Å². The van der Waals surface area contributed by atoms with E-state index in [9.17, 15) is 4.79 Å². The van der Waals surface area contributed by atoms with E-state index in [2.05, 4.69) is 15.3 Å². The molecule has 1 aromatic rings. The Morgan fingerprint density at radius 2 is 2.19 bits per heavy atom. The highest BCUT2D eigenvalue weighted by Gasteiger charge is 2.11. The topological polar surface area (TPSA) is 75.1 Å². The average Bonchev–Trinajstić information content (AvgIpc) is 2.22. The third-order valence-corrected chi connectivity index (χ3v) is 2.46. The highest BCUT2D eigenvalue weighted by atomic mass is 16.4. The molecular weight excluding hydrogens is 206 g/mol. The van der Waals surface area contributed by atoms with Gasteiger partial charge in [0.25, 0.3) is 0 Å². The van der Waals surface area contributed by atoms with Gasteiger partial charge in [-0.25, -0.2) is 4.98 Å². The lowest BCUT2D eigenvalue weighted by Gasteiger charge is -2.15. The molecule has 1 rings (SSSR count). The molecule has 0 aromatic carbocycles. The third-order valence-electron chi connectivity index (χ3n) is 2.46. The number of nitrogens with one attached hydrogen (secondary N) is 1. The maximum absolute atomic E-state index is 10.6. The Balaban J connectivity index is 2.70. The first-order valence-corrected chi connectivity index (χ1v) is 5.31. The zero-order valence-corrected chi connectivity index (χ0v) is 9.82. The largest absolute Gasteiger partial charge is 0.481 e. The van der Waals surface area contributed by atoms with Crippen LogP contribution in [0.2, 0.25) is 0 Å². The molecule has 1 heterocycles. The first kappa shape index (κ1) is 12.4. The minimum absolute atomic E-state index is 0.0884. The Hall–Kier alpha value is -1.65. The smallest absolute Gasteiger partial charge is 0.305 e. The van der Waals surface area contributed by atoms with Gasteiger partial charge in [0.2, 0.25) is 0 Å². The van der Waals surface area contributed by atoms with Crippen molar-refractivity contribution in [3.05, 3.63) is 17.6 Å². The van der Waals surface area contributed by atoms with Gasteiger partial charge in [0, 0.05) is 6.04 Å². The van der Waals surface area contributed by atoms with Crippen molar-refractivity contribution in [1.29, 1.82) is 0 Å². The number of aromatic nitrogens is 2. The van der Waals surface area contributed by atoms with E-state index in [1.54, 1.807) is 6.20 Å². The highest BCUT2D eigenvalue weighted by molar-refractivity contribution is 5.68. The zero-order chi connectivity index (χ0) is 12.1. The summed E-state index contributed by atoms with van der Waals surface area (Å²) >= 11 is 0. The Morgan fingerprint density at radius 3 is 2.69 bits per heavy atom. The zero-order valence-electron chi connectivity index (χ0n) is 9.82. The van der Waals surface area contributed by atoms with E-state index in [1.165, 1.54) is 0 Å². The van der Waals surface area contributed by atoms with Crippen molar-refractivity contribution in [2.45, 2.75) is 39.7 Å². The number of aryl methyl sites for hydroxylation is 2. The number of hydrogen-bond donors (Lipinski definition) is 2. The van der Waals surface area contributed by atoms with Crippen LogP contribution in [0.1, 0.15) is 31.2 Å². The third kappa shape index (κ3) is 3.49. The molecule has 2 N–H and O–H groups in total. The van der Waals surface area contributed by atoms with E-state index in [1.807, 2.05) is 20.8 Å². The second-order valence-corrected chi connectivity index (χ2v) is 3.77. The van der Waals surface area contributed by atoms with Gasteiger partial charge in [-0.05, 0) is 20.3 Å². The predicted octanol–water partition coefficient (Wildman–Crippen LogP) is 1.76. The number of hydrogen-bond acceptors (Lipinski definition) is 4. The van der Waals surface area contributed by atoms with Gasteiger partial charge >= 0.3 is 5.97 Å². The molecule has 5 nitrogen and oxygen atoms in total. The van der Waals surface area contributed by atoms with E-state index >= 15 is 0 Å². The molecule has 88 valence electrons. The van der Waals surface area contributed by atoms with Crippen LogP contribution >= 0.6 is 0 Å². The molecule has 0 saturated heterocycles. The number of carboxylic acids is 1. The van der Waals surface area contributed by atoms with E-state index in [0.29, 0.717) is 5.82 Å². The molecule has 16 heavy (non-hydrogen) atoms. The second kappa shape index (κ2) is 5.44. The number of rotatable bonds is 5. The molecule has 5 heteroatoms. The maximum Gasteiger partial charge on any atom is 0.305 e. The summed E-state index contributed by atoms with van der Waals surface area (Å²) in [6, 6.07) is -0.103. The summed E-state index contributed by atoms with van der Waals surface area (Å²) in [6.45, 7) is 5.71. The van der Waals surface area contributed by atoms with Crippen LogP contribution in [0.25, 0.3) is 0 Å². The summed E-state index contributed by atoms with van der Waals surface area (Å²) in [5.74, 6) is -0.174. The van der Waals surface area contributed by atoms with Gasteiger partial charge in [-0.1, -0.05) is 6.92 Å². The molecule has 0 amide bonds. The normalized spacial score (nSPS) is 12.2. The number of aliphatic carboxylic acids is 1. The van der Waals surface area contributed by atoms with Gasteiger partial charge in [0.1, 0.15) is 5.82 Å². The molecule has 0 aliphatic carbocycles. The maximum atomic E-state index is 10.6. The second-order valence-electron chi connectivity index (χ2n) is 3.77. The highest BCUT2D eigenvalue weighted by Crippen LogP contribution is 2.10. The molecule has 1 aromatic heterocycles. The quantitative estimate of drug-likeness (QED) is 0.795. The molecular formula is C11H17N3O2. The molecule has 0 bridgehead atoms. The lowest BCUT2D eigenvalue weighted by molar-refractivity contribution is -0.137. The Labute approximate surface area is 94.9 Å². The summed E-state index contributed by atoms with van der Waals surface area (Å²) in [5.41, 5.74) is 1.74. The lowest BCUT2D eigenvalue weighted by atomic mass is 10.1. The van der Waals surface area contributed by atoms with Gasteiger partial charge in [0.15, 0.2) is 0 Å². The lowest BCUT2D eigenvalue weighted by Crippen LogP contribution is -2.23.